The molecule has 5 rings (SSSR count). The van der Waals surface area contributed by atoms with E-state index in [4.69, 9.17) is 14.2 Å². The van der Waals surface area contributed by atoms with Gasteiger partial charge in [-0.15, -0.1) is 0 Å². The molecule has 0 aromatic rings. The largest absolute Gasteiger partial charge is 0.462 e. The molecule has 5 aliphatic rings. The van der Waals surface area contributed by atoms with E-state index in [1.54, 1.807) is 0 Å². The third-order valence-corrected chi connectivity index (χ3v) is 11.3. The third-order valence-electron chi connectivity index (χ3n) is 11.3. The van der Waals surface area contributed by atoms with E-state index in [1.165, 1.54) is 12.8 Å². The summed E-state index contributed by atoms with van der Waals surface area (Å²) in [6.45, 7) is 14.9. The number of ketones is 1. The van der Waals surface area contributed by atoms with Crippen molar-refractivity contribution in [2.24, 2.45) is 46.3 Å². The van der Waals surface area contributed by atoms with Crippen molar-refractivity contribution in [1.82, 2.24) is 0 Å². The molecule has 4 saturated carbocycles. The Hall–Kier alpha value is -0.940. The Labute approximate surface area is 206 Å². The molecule has 1 saturated heterocycles. The lowest BCUT2D eigenvalue weighted by atomic mass is 9.44. The standard InChI is InChI=1S/C29H46O5/c1-8-16(2)26(31)32-17(3)19-9-10-20-18-13-23(30)22-14-24-25(34-27(4,5)33-24)15-29(22,7)21(18)11-12-28(19,20)6/h16-22,24-25H,8-15H2,1-7H3/t16?,17-,18+,19-,20+,21+,22-,24+,25-,28-,29-/m1/s1. The maximum atomic E-state index is 13.6. The van der Waals surface area contributed by atoms with Crippen LogP contribution in [0.5, 0.6) is 0 Å². The number of Topliss-reactive ketones (excluding diaryl/α,β-unsaturated/α-hetero) is 1. The van der Waals surface area contributed by atoms with Crippen LogP contribution in [0.4, 0.5) is 0 Å². The fourth-order valence-electron chi connectivity index (χ4n) is 9.39. The first kappa shape index (κ1) is 24.7. The van der Waals surface area contributed by atoms with Crippen LogP contribution in [0, 0.1) is 46.3 Å². The summed E-state index contributed by atoms with van der Waals surface area (Å²) in [4.78, 5) is 26.2. The number of hydrogen-bond donors (Lipinski definition) is 0. The van der Waals surface area contributed by atoms with Crippen molar-refractivity contribution < 1.29 is 23.8 Å². The van der Waals surface area contributed by atoms with Crippen molar-refractivity contribution in [3.63, 3.8) is 0 Å². The van der Waals surface area contributed by atoms with E-state index < -0.39 is 5.79 Å². The van der Waals surface area contributed by atoms with Crippen molar-refractivity contribution in [2.75, 3.05) is 0 Å². The zero-order valence-electron chi connectivity index (χ0n) is 22.4. The van der Waals surface area contributed by atoms with Gasteiger partial charge in [-0.3, -0.25) is 9.59 Å². The fourth-order valence-corrected chi connectivity index (χ4v) is 9.39. The number of esters is 1. The highest BCUT2D eigenvalue weighted by atomic mass is 16.7. The van der Waals surface area contributed by atoms with Crippen LogP contribution >= 0.6 is 0 Å². The molecule has 5 nitrogen and oxygen atoms in total. The van der Waals surface area contributed by atoms with E-state index in [-0.39, 0.29) is 46.9 Å². The van der Waals surface area contributed by atoms with Crippen LogP contribution in [0.1, 0.15) is 99.8 Å². The lowest BCUT2D eigenvalue weighted by Gasteiger charge is -2.60. The van der Waals surface area contributed by atoms with E-state index in [0.29, 0.717) is 29.5 Å². The van der Waals surface area contributed by atoms with Crippen molar-refractivity contribution in [1.29, 1.82) is 0 Å². The predicted octanol–water partition coefficient (Wildman–Crippen LogP) is 5.93. The zero-order valence-corrected chi connectivity index (χ0v) is 22.4. The van der Waals surface area contributed by atoms with Crippen molar-refractivity contribution >= 4 is 11.8 Å². The second kappa shape index (κ2) is 8.30. The molecule has 0 amide bonds. The van der Waals surface area contributed by atoms with Gasteiger partial charge in [-0.05, 0) is 94.3 Å². The number of rotatable bonds is 4. The maximum Gasteiger partial charge on any atom is 0.308 e. The molecule has 0 bridgehead atoms. The number of ether oxygens (including phenoxy) is 3. The van der Waals surface area contributed by atoms with Gasteiger partial charge < -0.3 is 14.2 Å². The molecule has 0 spiro atoms. The van der Waals surface area contributed by atoms with E-state index in [1.807, 2.05) is 27.7 Å². The second-order valence-corrected chi connectivity index (χ2v) is 13.4. The summed E-state index contributed by atoms with van der Waals surface area (Å²) in [5.41, 5.74) is 0.144. The molecule has 1 heterocycles. The third kappa shape index (κ3) is 3.70. The summed E-state index contributed by atoms with van der Waals surface area (Å²) in [5.74, 6) is 1.85. The minimum Gasteiger partial charge on any atom is -0.462 e. The zero-order chi connectivity index (χ0) is 24.6. The average Bonchev–Trinajstić information content (AvgIpc) is 3.26. The Morgan fingerprint density at radius 2 is 1.71 bits per heavy atom. The Kier molecular flexibility index (Phi) is 6.04. The van der Waals surface area contributed by atoms with Crippen LogP contribution in [-0.2, 0) is 23.8 Å². The van der Waals surface area contributed by atoms with Crippen LogP contribution in [0.25, 0.3) is 0 Å². The Balaban J connectivity index is 1.36. The number of carbonyl (C=O) groups excluding carboxylic acids is 2. The van der Waals surface area contributed by atoms with E-state index >= 15 is 0 Å². The molecule has 11 atom stereocenters. The van der Waals surface area contributed by atoms with Crippen LogP contribution in [-0.4, -0.2) is 35.9 Å². The summed E-state index contributed by atoms with van der Waals surface area (Å²) in [7, 11) is 0. The van der Waals surface area contributed by atoms with Crippen molar-refractivity contribution in [3.8, 4) is 0 Å². The Morgan fingerprint density at radius 3 is 2.41 bits per heavy atom. The van der Waals surface area contributed by atoms with Gasteiger partial charge in [-0.2, -0.15) is 0 Å². The summed E-state index contributed by atoms with van der Waals surface area (Å²) < 4.78 is 18.5. The lowest BCUT2D eigenvalue weighted by Crippen LogP contribution is -2.59. The molecule has 192 valence electrons. The first-order chi connectivity index (χ1) is 15.9. The predicted molar refractivity (Wildman–Crippen MR) is 130 cm³/mol. The van der Waals surface area contributed by atoms with Crippen molar-refractivity contribution in [3.05, 3.63) is 0 Å². The Bertz CT molecular complexity index is 836. The van der Waals surface area contributed by atoms with E-state index in [0.717, 1.165) is 38.5 Å². The molecule has 4 aliphatic carbocycles. The molecule has 1 unspecified atom stereocenters. The molecule has 34 heavy (non-hydrogen) atoms. The molecule has 5 fully saturated rings. The highest BCUT2D eigenvalue weighted by Crippen LogP contribution is 2.68. The molecule has 0 aromatic heterocycles. The minimum absolute atomic E-state index is 0.000989. The average molecular weight is 475 g/mol. The van der Waals surface area contributed by atoms with Gasteiger partial charge in [0, 0.05) is 18.3 Å². The van der Waals surface area contributed by atoms with E-state index in [9.17, 15) is 9.59 Å². The van der Waals surface area contributed by atoms with Crippen LogP contribution in [0.2, 0.25) is 0 Å². The molecule has 5 heteroatoms. The van der Waals surface area contributed by atoms with Gasteiger partial charge in [0.1, 0.15) is 11.9 Å². The number of fused-ring (bicyclic) bond motifs is 6. The van der Waals surface area contributed by atoms with Gasteiger partial charge in [-0.1, -0.05) is 27.7 Å². The summed E-state index contributed by atoms with van der Waals surface area (Å²) in [6.07, 6.45) is 7.99. The van der Waals surface area contributed by atoms with Gasteiger partial charge in [-0.25, -0.2) is 0 Å². The van der Waals surface area contributed by atoms with Gasteiger partial charge >= 0.3 is 5.97 Å². The lowest BCUT2D eigenvalue weighted by molar-refractivity contribution is -0.168. The molecular weight excluding hydrogens is 428 g/mol. The number of carbonyl (C=O) groups is 2. The van der Waals surface area contributed by atoms with Gasteiger partial charge in [0.2, 0.25) is 0 Å². The fraction of sp³-hybridized carbons (Fsp3) is 0.931. The topological polar surface area (TPSA) is 61.8 Å². The van der Waals surface area contributed by atoms with Crippen LogP contribution in [0.15, 0.2) is 0 Å². The second-order valence-electron chi connectivity index (χ2n) is 13.4. The van der Waals surface area contributed by atoms with Gasteiger partial charge in [0.05, 0.1) is 18.1 Å². The highest BCUT2D eigenvalue weighted by molar-refractivity contribution is 5.83. The summed E-state index contributed by atoms with van der Waals surface area (Å²) in [6, 6.07) is 0. The van der Waals surface area contributed by atoms with Crippen LogP contribution in [0.3, 0.4) is 0 Å². The molecule has 0 radical (unpaired) electrons. The SMILES string of the molecule is CCC(C)C(=O)O[C@H](C)[C@H]1CC[C@H]2[C@@H]3CC(=O)[C@H]4C[C@@H]5OC(C)(C)O[C@@H]5C[C@]4(C)[C@H]3CC[C@]12C. The quantitative estimate of drug-likeness (QED) is 0.473. The first-order valence-electron chi connectivity index (χ1n) is 14.0. The van der Waals surface area contributed by atoms with Gasteiger partial charge in [0.25, 0.3) is 0 Å². The summed E-state index contributed by atoms with van der Waals surface area (Å²) >= 11 is 0. The van der Waals surface area contributed by atoms with Gasteiger partial charge in [0.15, 0.2) is 5.79 Å². The monoisotopic (exact) mass is 474 g/mol. The van der Waals surface area contributed by atoms with E-state index in [2.05, 4.69) is 20.8 Å². The van der Waals surface area contributed by atoms with Crippen molar-refractivity contribution in [2.45, 2.75) is 124 Å². The highest BCUT2D eigenvalue weighted by Gasteiger charge is 2.65. The summed E-state index contributed by atoms with van der Waals surface area (Å²) in [5, 5.41) is 0. The molecule has 1 aliphatic heterocycles. The number of hydrogen-bond acceptors (Lipinski definition) is 5. The Morgan fingerprint density at radius 1 is 1.03 bits per heavy atom. The minimum atomic E-state index is -0.547. The van der Waals surface area contributed by atoms with Crippen LogP contribution < -0.4 is 0 Å². The molecule has 0 aromatic carbocycles. The molecule has 0 N–H and O–H groups in total. The first-order valence-corrected chi connectivity index (χ1v) is 14.0. The smallest absolute Gasteiger partial charge is 0.308 e. The molecular formula is C29H46O5. The maximum absolute atomic E-state index is 13.6. The normalized spacial score (nSPS) is 48.8.